The van der Waals surface area contributed by atoms with Crippen molar-refractivity contribution in [1.29, 1.82) is 0 Å². The second-order valence-electron chi connectivity index (χ2n) is 8.23. The molecule has 0 amide bonds. The first-order valence-electron chi connectivity index (χ1n) is 9.71. The van der Waals surface area contributed by atoms with Crippen molar-refractivity contribution in [2.45, 2.75) is 60.3 Å². The molecule has 2 rings (SSSR count). The summed E-state index contributed by atoms with van der Waals surface area (Å²) in [6.07, 6.45) is 11.2. The van der Waals surface area contributed by atoms with Crippen molar-refractivity contribution in [2.24, 2.45) is 35.7 Å². The second-order valence-corrected chi connectivity index (χ2v) is 8.23. The maximum absolute atomic E-state index is 4.95. The van der Waals surface area contributed by atoms with Crippen molar-refractivity contribution in [2.75, 3.05) is 0 Å². The minimum atomic E-state index is 0.436. The Morgan fingerprint density at radius 1 is 1.28 bits per heavy atom. The average Bonchev–Trinajstić information content (AvgIpc) is 2.80. The van der Waals surface area contributed by atoms with Gasteiger partial charge in [0.1, 0.15) is 11.2 Å². The van der Waals surface area contributed by atoms with Crippen molar-refractivity contribution in [3.63, 3.8) is 0 Å². The van der Waals surface area contributed by atoms with Gasteiger partial charge in [0, 0.05) is 13.5 Å². The van der Waals surface area contributed by atoms with E-state index in [0.717, 1.165) is 29.5 Å². The van der Waals surface area contributed by atoms with Crippen molar-refractivity contribution >= 4 is 18.5 Å². The van der Waals surface area contributed by atoms with Crippen LogP contribution in [0, 0.1) is 23.7 Å². The third-order valence-electron chi connectivity index (χ3n) is 5.42. The number of imidazole rings is 1. The molecule has 2 unspecified atom stereocenters. The Kier molecular flexibility index (Phi) is 6.80. The van der Waals surface area contributed by atoms with Crippen LogP contribution >= 0.6 is 0 Å². The molecule has 2 atom stereocenters. The maximum Gasteiger partial charge on any atom is 0.109 e. The molecule has 0 aliphatic heterocycles. The van der Waals surface area contributed by atoms with E-state index < -0.39 is 0 Å². The van der Waals surface area contributed by atoms with Crippen molar-refractivity contribution in [3.05, 3.63) is 28.7 Å². The number of allylic oxidation sites excluding steroid dienone is 2. The molecule has 0 aromatic carbocycles. The van der Waals surface area contributed by atoms with Gasteiger partial charge in [0.05, 0.1) is 11.5 Å². The molecule has 1 aliphatic rings. The van der Waals surface area contributed by atoms with Crippen LogP contribution in [0.4, 0.5) is 0 Å². The van der Waals surface area contributed by atoms with E-state index in [9.17, 15) is 0 Å². The normalized spacial score (nSPS) is 26.5. The molecule has 0 N–H and O–H groups in total. The Labute approximate surface area is 153 Å². The van der Waals surface area contributed by atoms with Gasteiger partial charge in [0.15, 0.2) is 0 Å². The summed E-state index contributed by atoms with van der Waals surface area (Å²) in [6, 6.07) is 0. The lowest BCUT2D eigenvalue weighted by Gasteiger charge is -2.31. The molecule has 138 valence electrons. The molecule has 0 saturated heterocycles. The summed E-state index contributed by atoms with van der Waals surface area (Å²) in [5.74, 6) is 4.01. The Morgan fingerprint density at radius 3 is 2.44 bits per heavy atom. The van der Waals surface area contributed by atoms with Gasteiger partial charge >= 0.3 is 0 Å². The largest absolute Gasteiger partial charge is 0.331 e. The molecule has 1 heterocycles. The fourth-order valence-electron chi connectivity index (χ4n) is 4.53. The van der Waals surface area contributed by atoms with Crippen molar-refractivity contribution in [3.8, 4) is 0 Å². The Bertz CT molecular complexity index is 726. The highest BCUT2D eigenvalue weighted by atomic mass is 15.1. The van der Waals surface area contributed by atoms with Crippen LogP contribution < -0.4 is 10.7 Å². The highest BCUT2D eigenvalue weighted by Gasteiger charge is 2.25. The van der Waals surface area contributed by atoms with E-state index in [2.05, 4.69) is 70.1 Å². The van der Waals surface area contributed by atoms with Gasteiger partial charge in [-0.25, -0.2) is 4.98 Å². The third-order valence-corrected chi connectivity index (χ3v) is 5.42. The van der Waals surface area contributed by atoms with Gasteiger partial charge in [-0.2, -0.15) is 0 Å². The van der Waals surface area contributed by atoms with Crippen LogP contribution in [0.15, 0.2) is 17.1 Å². The summed E-state index contributed by atoms with van der Waals surface area (Å²) >= 11 is 0. The molecule has 0 radical (unpaired) electrons. The molecule has 1 aromatic rings. The predicted molar refractivity (Wildman–Crippen MR) is 109 cm³/mol. The SMILES string of the molecule is C=N/C=c1/nc(CC2CC(C)CC(C)C2)n(C)/c1=C(\C=C/C)C(C)C. The summed E-state index contributed by atoms with van der Waals surface area (Å²) in [5, 5.41) is 2.14. The van der Waals surface area contributed by atoms with E-state index in [1.54, 1.807) is 6.20 Å². The van der Waals surface area contributed by atoms with Crippen LogP contribution in [-0.2, 0) is 13.5 Å². The van der Waals surface area contributed by atoms with Gasteiger partial charge in [-0.1, -0.05) is 39.8 Å². The quantitative estimate of drug-likeness (QED) is 0.748. The number of rotatable bonds is 5. The van der Waals surface area contributed by atoms with Gasteiger partial charge in [-0.05, 0) is 62.1 Å². The number of hydrogen-bond donors (Lipinski definition) is 0. The van der Waals surface area contributed by atoms with Gasteiger partial charge in [0.25, 0.3) is 0 Å². The monoisotopic (exact) mass is 341 g/mol. The lowest BCUT2D eigenvalue weighted by atomic mass is 9.75. The van der Waals surface area contributed by atoms with Gasteiger partial charge < -0.3 is 4.57 Å². The molecule has 25 heavy (non-hydrogen) atoms. The topological polar surface area (TPSA) is 30.2 Å². The average molecular weight is 342 g/mol. The summed E-state index contributed by atoms with van der Waals surface area (Å²) in [6.45, 7) is 15.0. The molecule has 3 heteroatoms. The van der Waals surface area contributed by atoms with Crippen LogP contribution in [-0.4, -0.2) is 16.3 Å². The van der Waals surface area contributed by atoms with E-state index in [-0.39, 0.29) is 0 Å². The molecular weight excluding hydrogens is 306 g/mol. The minimum Gasteiger partial charge on any atom is -0.331 e. The summed E-state index contributed by atoms with van der Waals surface area (Å²) < 4.78 is 2.29. The summed E-state index contributed by atoms with van der Waals surface area (Å²) in [7, 11) is 2.15. The maximum atomic E-state index is 4.95. The highest BCUT2D eigenvalue weighted by molar-refractivity contribution is 5.57. The molecule has 1 aliphatic carbocycles. The molecule has 1 aromatic heterocycles. The first kappa shape index (κ1) is 19.7. The van der Waals surface area contributed by atoms with E-state index in [1.807, 2.05) is 0 Å². The standard InChI is InChI=1S/C22H35N3/c1-8-9-19(15(2)3)22-20(14-23-6)24-21(25(22)7)13-18-11-16(4)10-17(5)12-18/h8-9,14-18H,6,10-13H2,1-5,7H3/b9-8-,20-14+,22-19+. The van der Waals surface area contributed by atoms with Gasteiger partial charge in [-0.3, -0.25) is 4.99 Å². The molecule has 0 spiro atoms. The fourth-order valence-corrected chi connectivity index (χ4v) is 4.53. The highest BCUT2D eigenvalue weighted by Crippen LogP contribution is 2.34. The van der Waals surface area contributed by atoms with Crippen LogP contribution in [0.2, 0.25) is 0 Å². The molecule has 3 nitrogen and oxygen atoms in total. The van der Waals surface area contributed by atoms with E-state index in [0.29, 0.717) is 5.92 Å². The summed E-state index contributed by atoms with van der Waals surface area (Å²) in [5.41, 5.74) is 1.31. The molecule has 1 fully saturated rings. The minimum absolute atomic E-state index is 0.436. The second kappa shape index (κ2) is 8.64. The van der Waals surface area contributed by atoms with Crippen LogP contribution in [0.1, 0.15) is 59.7 Å². The smallest absolute Gasteiger partial charge is 0.109 e. The zero-order valence-corrected chi connectivity index (χ0v) is 16.9. The number of hydrogen-bond acceptors (Lipinski definition) is 2. The summed E-state index contributed by atoms with van der Waals surface area (Å²) in [4.78, 5) is 8.95. The Hall–Kier alpha value is -1.64. The number of aliphatic imine (C=N–C) groups is 1. The zero-order chi connectivity index (χ0) is 18.6. The van der Waals surface area contributed by atoms with Crippen molar-refractivity contribution in [1.82, 2.24) is 9.55 Å². The Balaban J connectivity index is 2.52. The fraction of sp³-hybridized carbons (Fsp3) is 0.636. The van der Waals surface area contributed by atoms with Crippen LogP contribution in [0.5, 0.6) is 0 Å². The molecule has 0 bridgehead atoms. The van der Waals surface area contributed by atoms with Crippen LogP contribution in [0.3, 0.4) is 0 Å². The van der Waals surface area contributed by atoms with Gasteiger partial charge in [-0.15, -0.1) is 0 Å². The van der Waals surface area contributed by atoms with Crippen molar-refractivity contribution < 1.29 is 0 Å². The molecular formula is C22H35N3. The van der Waals surface area contributed by atoms with E-state index >= 15 is 0 Å². The van der Waals surface area contributed by atoms with Crippen LogP contribution in [0.25, 0.3) is 11.8 Å². The predicted octanol–water partition coefficient (Wildman–Crippen LogP) is 3.86. The number of nitrogens with zero attached hydrogens (tertiary/aromatic N) is 3. The number of aromatic nitrogens is 2. The van der Waals surface area contributed by atoms with Gasteiger partial charge in [0.2, 0.25) is 0 Å². The first-order chi connectivity index (χ1) is 11.9. The zero-order valence-electron chi connectivity index (χ0n) is 16.9. The van der Waals surface area contributed by atoms with E-state index in [4.69, 9.17) is 4.98 Å². The molecule has 1 saturated carbocycles. The lowest BCUT2D eigenvalue weighted by Crippen LogP contribution is -2.32. The third kappa shape index (κ3) is 4.71. The first-order valence-corrected chi connectivity index (χ1v) is 9.71. The lowest BCUT2D eigenvalue weighted by molar-refractivity contribution is 0.215. The van der Waals surface area contributed by atoms with E-state index in [1.165, 1.54) is 36.0 Å². The Morgan fingerprint density at radius 2 is 1.92 bits per heavy atom.